The fourth-order valence-electron chi connectivity index (χ4n) is 4.60. The molecule has 10 heteroatoms. The second-order valence-corrected chi connectivity index (χ2v) is 12.0. The Labute approximate surface area is 249 Å². The van der Waals surface area contributed by atoms with Gasteiger partial charge in [0.1, 0.15) is 12.6 Å². The molecule has 2 amide bonds. The zero-order valence-electron chi connectivity index (χ0n) is 25.2. The van der Waals surface area contributed by atoms with E-state index in [4.69, 9.17) is 9.47 Å². The van der Waals surface area contributed by atoms with Crippen LogP contribution in [0.25, 0.3) is 0 Å². The van der Waals surface area contributed by atoms with Crippen LogP contribution in [0.1, 0.15) is 44.7 Å². The molecule has 3 aromatic carbocycles. The summed E-state index contributed by atoms with van der Waals surface area (Å²) >= 11 is 0. The summed E-state index contributed by atoms with van der Waals surface area (Å²) in [5, 5.41) is 2.99. The molecule has 0 radical (unpaired) electrons. The standard InChI is InChI=1S/C32H41N3O6S/c1-7-24(4)33-32(37)28(8-2)34(21-25-14-12-13-23(3)19-25)31(36)22-35(26-15-10-9-11-16-26)42(38,39)27-17-18-29(40-5)30(20-27)41-6/h9-20,24,28H,7-8,21-22H2,1-6H3,(H,33,37)/t24-,28+/m1/s1. The molecule has 9 nitrogen and oxygen atoms in total. The number of rotatable bonds is 14. The van der Waals surface area contributed by atoms with Crippen molar-refractivity contribution in [1.29, 1.82) is 0 Å². The Hall–Kier alpha value is -4.05. The molecule has 1 N–H and O–H groups in total. The number of amides is 2. The summed E-state index contributed by atoms with van der Waals surface area (Å²) < 4.78 is 39.9. The van der Waals surface area contributed by atoms with Gasteiger partial charge >= 0.3 is 0 Å². The van der Waals surface area contributed by atoms with Crippen molar-refractivity contribution in [3.63, 3.8) is 0 Å². The average Bonchev–Trinajstić information content (AvgIpc) is 2.99. The molecule has 0 fully saturated rings. The van der Waals surface area contributed by atoms with Gasteiger partial charge in [0.25, 0.3) is 10.0 Å². The number of para-hydroxylation sites is 1. The van der Waals surface area contributed by atoms with Crippen LogP contribution in [0.4, 0.5) is 5.69 Å². The number of nitrogens with zero attached hydrogens (tertiary/aromatic N) is 2. The van der Waals surface area contributed by atoms with Crippen LogP contribution < -0.4 is 19.1 Å². The molecule has 226 valence electrons. The molecule has 0 heterocycles. The summed E-state index contributed by atoms with van der Waals surface area (Å²) in [6, 6.07) is 19.5. The summed E-state index contributed by atoms with van der Waals surface area (Å²) in [5.74, 6) is -0.162. The van der Waals surface area contributed by atoms with Crippen molar-refractivity contribution >= 4 is 27.5 Å². The van der Waals surface area contributed by atoms with Gasteiger partial charge in [-0.3, -0.25) is 13.9 Å². The second-order valence-electron chi connectivity index (χ2n) is 10.1. The van der Waals surface area contributed by atoms with E-state index in [-0.39, 0.29) is 29.1 Å². The fourth-order valence-corrected chi connectivity index (χ4v) is 6.03. The third-order valence-electron chi connectivity index (χ3n) is 7.09. The van der Waals surface area contributed by atoms with Crippen LogP contribution in [-0.4, -0.2) is 58.0 Å². The Kier molecular flexibility index (Phi) is 11.4. The molecule has 0 aliphatic carbocycles. The van der Waals surface area contributed by atoms with E-state index in [1.54, 1.807) is 30.3 Å². The minimum Gasteiger partial charge on any atom is -0.493 e. The highest BCUT2D eigenvalue weighted by Crippen LogP contribution is 2.32. The lowest BCUT2D eigenvalue weighted by Gasteiger charge is -2.33. The third-order valence-corrected chi connectivity index (χ3v) is 8.86. The number of aryl methyl sites for hydroxylation is 1. The predicted molar refractivity (Wildman–Crippen MR) is 164 cm³/mol. The maximum absolute atomic E-state index is 14.2. The number of hydrogen-bond acceptors (Lipinski definition) is 6. The molecule has 42 heavy (non-hydrogen) atoms. The lowest BCUT2D eigenvalue weighted by molar-refractivity contribution is -0.140. The Bertz CT molecular complexity index is 1460. The summed E-state index contributed by atoms with van der Waals surface area (Å²) in [4.78, 5) is 29.0. The molecule has 0 aliphatic heterocycles. The normalized spacial score (nSPS) is 12.6. The van der Waals surface area contributed by atoms with Crippen molar-refractivity contribution in [3.8, 4) is 11.5 Å². The first-order valence-electron chi connectivity index (χ1n) is 14.0. The van der Waals surface area contributed by atoms with Crippen LogP contribution in [0.5, 0.6) is 11.5 Å². The lowest BCUT2D eigenvalue weighted by Crippen LogP contribution is -2.53. The van der Waals surface area contributed by atoms with Crippen molar-refractivity contribution in [1.82, 2.24) is 10.2 Å². The van der Waals surface area contributed by atoms with E-state index in [1.807, 2.05) is 52.0 Å². The maximum Gasteiger partial charge on any atom is 0.264 e. The van der Waals surface area contributed by atoms with Gasteiger partial charge in [0, 0.05) is 18.7 Å². The highest BCUT2D eigenvalue weighted by molar-refractivity contribution is 7.92. The van der Waals surface area contributed by atoms with Gasteiger partial charge in [0.15, 0.2) is 11.5 Å². The number of methoxy groups -OCH3 is 2. The Morgan fingerprint density at radius 3 is 2.17 bits per heavy atom. The Morgan fingerprint density at radius 1 is 0.881 bits per heavy atom. The molecule has 0 aliphatic rings. The first kappa shape index (κ1) is 32.5. The van der Waals surface area contributed by atoms with Crippen LogP contribution in [0, 0.1) is 6.92 Å². The molecular formula is C32H41N3O6S. The first-order valence-corrected chi connectivity index (χ1v) is 15.4. The molecule has 0 bridgehead atoms. The van der Waals surface area contributed by atoms with Gasteiger partial charge in [0.2, 0.25) is 11.8 Å². The number of sulfonamides is 1. The first-order chi connectivity index (χ1) is 20.0. The van der Waals surface area contributed by atoms with Gasteiger partial charge in [-0.2, -0.15) is 0 Å². The Morgan fingerprint density at radius 2 is 1.57 bits per heavy atom. The average molecular weight is 596 g/mol. The zero-order valence-corrected chi connectivity index (χ0v) is 26.0. The minimum absolute atomic E-state index is 0.0661. The molecule has 2 atom stereocenters. The molecular weight excluding hydrogens is 554 g/mol. The number of carbonyl (C=O) groups is 2. The van der Waals surface area contributed by atoms with E-state index in [1.165, 1.54) is 37.3 Å². The molecule has 0 aromatic heterocycles. The van der Waals surface area contributed by atoms with E-state index >= 15 is 0 Å². The van der Waals surface area contributed by atoms with Crippen LogP contribution >= 0.6 is 0 Å². The van der Waals surface area contributed by atoms with Gasteiger partial charge in [-0.15, -0.1) is 0 Å². The van der Waals surface area contributed by atoms with E-state index in [0.29, 0.717) is 17.9 Å². The molecule has 3 aromatic rings. The number of carbonyl (C=O) groups excluding carboxylic acids is 2. The monoisotopic (exact) mass is 595 g/mol. The van der Waals surface area contributed by atoms with Crippen molar-refractivity contribution < 1.29 is 27.5 Å². The quantitative estimate of drug-likeness (QED) is 0.283. The van der Waals surface area contributed by atoms with E-state index in [0.717, 1.165) is 21.9 Å². The summed E-state index contributed by atoms with van der Waals surface area (Å²) in [5.41, 5.74) is 2.17. The predicted octanol–water partition coefficient (Wildman–Crippen LogP) is 4.93. The topological polar surface area (TPSA) is 105 Å². The van der Waals surface area contributed by atoms with Crippen LogP contribution in [0.3, 0.4) is 0 Å². The minimum atomic E-state index is -4.25. The summed E-state index contributed by atoms with van der Waals surface area (Å²) in [6.07, 6.45) is 1.09. The van der Waals surface area contributed by atoms with Gasteiger partial charge in [0.05, 0.1) is 24.8 Å². The summed E-state index contributed by atoms with van der Waals surface area (Å²) in [7, 11) is -1.36. The fraction of sp³-hybridized carbons (Fsp3) is 0.375. The maximum atomic E-state index is 14.2. The number of ether oxygens (including phenoxy) is 2. The highest BCUT2D eigenvalue weighted by atomic mass is 32.2. The molecule has 0 spiro atoms. The Balaban J connectivity index is 2.07. The number of hydrogen-bond donors (Lipinski definition) is 1. The molecule has 0 unspecified atom stereocenters. The molecule has 0 saturated heterocycles. The van der Waals surface area contributed by atoms with E-state index in [9.17, 15) is 18.0 Å². The lowest BCUT2D eigenvalue weighted by atomic mass is 10.1. The van der Waals surface area contributed by atoms with Gasteiger partial charge in [-0.05, 0) is 56.5 Å². The number of benzene rings is 3. The number of anilines is 1. The molecule has 0 saturated carbocycles. The number of nitrogens with one attached hydrogen (secondary N) is 1. The van der Waals surface area contributed by atoms with E-state index in [2.05, 4.69) is 5.32 Å². The van der Waals surface area contributed by atoms with Crippen molar-refractivity contribution in [2.45, 2.75) is 64.1 Å². The van der Waals surface area contributed by atoms with Crippen molar-refractivity contribution in [2.24, 2.45) is 0 Å². The van der Waals surface area contributed by atoms with Gasteiger partial charge in [-0.1, -0.05) is 61.9 Å². The van der Waals surface area contributed by atoms with Gasteiger partial charge < -0.3 is 19.7 Å². The smallest absolute Gasteiger partial charge is 0.264 e. The molecule has 3 rings (SSSR count). The van der Waals surface area contributed by atoms with Crippen LogP contribution in [0.2, 0.25) is 0 Å². The van der Waals surface area contributed by atoms with Crippen LogP contribution in [-0.2, 0) is 26.2 Å². The highest BCUT2D eigenvalue weighted by Gasteiger charge is 2.34. The SMILES string of the molecule is CC[C@@H](C)NC(=O)[C@H](CC)N(Cc1cccc(C)c1)C(=O)CN(c1ccccc1)S(=O)(=O)c1ccc(OC)c(OC)c1. The largest absolute Gasteiger partial charge is 0.493 e. The zero-order chi connectivity index (χ0) is 30.9. The van der Waals surface area contributed by atoms with Crippen molar-refractivity contribution in [3.05, 3.63) is 83.9 Å². The third kappa shape index (κ3) is 7.82. The second kappa shape index (κ2) is 14.7. The van der Waals surface area contributed by atoms with Crippen molar-refractivity contribution in [2.75, 3.05) is 25.1 Å². The summed E-state index contributed by atoms with van der Waals surface area (Å²) in [6.45, 7) is 7.30. The van der Waals surface area contributed by atoms with E-state index < -0.39 is 28.5 Å². The van der Waals surface area contributed by atoms with Crippen LogP contribution in [0.15, 0.2) is 77.7 Å². The van der Waals surface area contributed by atoms with Gasteiger partial charge in [-0.25, -0.2) is 8.42 Å².